The van der Waals surface area contributed by atoms with Gasteiger partial charge in [0.25, 0.3) is 11.3 Å². The highest BCUT2D eigenvalue weighted by atomic mass is 16.5. The van der Waals surface area contributed by atoms with Crippen LogP contribution in [0.15, 0.2) is 39.9 Å². The largest absolute Gasteiger partial charge is 0.461 e. The zero-order valence-corrected chi connectivity index (χ0v) is 16.7. The summed E-state index contributed by atoms with van der Waals surface area (Å²) in [6.45, 7) is 7.60. The number of nitrogens with zero attached hydrogens (tertiary/aromatic N) is 4. The number of carbonyl (C=O) groups is 2. The summed E-state index contributed by atoms with van der Waals surface area (Å²) in [5, 5.41) is 3.50. The van der Waals surface area contributed by atoms with Gasteiger partial charge in [0.05, 0.1) is 6.61 Å². The maximum atomic E-state index is 13.1. The minimum absolute atomic E-state index is 0.0833. The highest BCUT2D eigenvalue weighted by Crippen LogP contribution is 2.20. The number of aryl methyl sites for hydroxylation is 1. The molecule has 3 aromatic rings. The molecule has 1 atom stereocenters. The number of benzene rings is 1. The van der Waals surface area contributed by atoms with Gasteiger partial charge in [-0.2, -0.15) is 0 Å². The van der Waals surface area contributed by atoms with Gasteiger partial charge < -0.3 is 14.2 Å². The quantitative estimate of drug-likeness (QED) is 0.587. The average molecular weight is 398 g/mol. The molecule has 0 spiro atoms. The fourth-order valence-corrected chi connectivity index (χ4v) is 3.08. The summed E-state index contributed by atoms with van der Waals surface area (Å²) >= 11 is 0. The highest BCUT2D eigenvalue weighted by molar-refractivity contribution is 6.00. The Balaban J connectivity index is 2.02. The van der Waals surface area contributed by atoms with E-state index in [2.05, 4.69) is 10.1 Å². The first-order valence-electron chi connectivity index (χ1n) is 9.30. The second-order valence-corrected chi connectivity index (χ2v) is 6.49. The third-order valence-corrected chi connectivity index (χ3v) is 4.56. The van der Waals surface area contributed by atoms with Gasteiger partial charge in [0, 0.05) is 12.2 Å². The lowest BCUT2D eigenvalue weighted by atomic mass is 10.2. The molecule has 3 rings (SSSR count). The molecule has 0 aliphatic rings. The molecule has 0 fully saturated rings. The molecule has 0 N–H and O–H groups in total. The molecule has 2 aromatic heterocycles. The highest BCUT2D eigenvalue weighted by Gasteiger charge is 2.27. The molecular formula is C20H22N4O5. The van der Waals surface area contributed by atoms with Gasteiger partial charge in [-0.15, -0.1) is 0 Å². The monoisotopic (exact) mass is 398 g/mol. The number of anilines is 1. The lowest BCUT2D eigenvalue weighted by Crippen LogP contribution is -2.39. The normalized spacial score (nSPS) is 12.0. The number of likely N-dealkylation sites (N-methyl/N-ethyl adjacent to an activating group) is 1. The van der Waals surface area contributed by atoms with Crippen LogP contribution in [0.2, 0.25) is 0 Å². The maximum absolute atomic E-state index is 13.1. The van der Waals surface area contributed by atoms with E-state index in [9.17, 15) is 14.4 Å². The van der Waals surface area contributed by atoms with Crippen LogP contribution in [0.4, 0.5) is 5.69 Å². The molecule has 0 saturated carbocycles. The average Bonchev–Trinajstić information content (AvgIpc) is 3.14. The molecule has 0 aliphatic carbocycles. The van der Waals surface area contributed by atoms with Crippen molar-refractivity contribution in [2.24, 2.45) is 0 Å². The predicted octanol–water partition coefficient (Wildman–Crippen LogP) is 2.48. The second kappa shape index (κ2) is 8.26. The van der Waals surface area contributed by atoms with Crippen LogP contribution in [0.1, 0.15) is 42.9 Å². The molecule has 0 radical (unpaired) electrons. The first kappa shape index (κ1) is 20.2. The van der Waals surface area contributed by atoms with E-state index in [0.717, 1.165) is 11.3 Å². The summed E-state index contributed by atoms with van der Waals surface area (Å²) in [7, 11) is 0. The Kier molecular flexibility index (Phi) is 5.76. The van der Waals surface area contributed by atoms with Gasteiger partial charge in [0.15, 0.2) is 0 Å². The number of carbonyl (C=O) groups excluding carboxylic acids is 2. The fourth-order valence-electron chi connectivity index (χ4n) is 3.08. The van der Waals surface area contributed by atoms with E-state index in [1.165, 1.54) is 10.9 Å². The summed E-state index contributed by atoms with van der Waals surface area (Å²) in [5.74, 6) is -1.06. The van der Waals surface area contributed by atoms with Crippen LogP contribution >= 0.6 is 0 Å². The van der Waals surface area contributed by atoms with Crippen LogP contribution in [0, 0.1) is 6.92 Å². The van der Waals surface area contributed by atoms with Crippen molar-refractivity contribution in [3.8, 4) is 0 Å². The van der Waals surface area contributed by atoms with Crippen LogP contribution in [0.25, 0.3) is 11.1 Å². The molecule has 1 amide bonds. The fraction of sp³-hybridized carbons (Fsp3) is 0.350. The lowest BCUT2D eigenvalue weighted by Gasteiger charge is -2.25. The third kappa shape index (κ3) is 3.75. The standard InChI is InChI=1S/C20H22N4O5/c1-5-23(14-9-7-8-12(3)10-14)18(25)13(4)24-11-21-17-15(19(24)26)16(22-29-17)20(27)28-6-2/h7-11,13H,5-6H2,1-4H3/t13-/m0/s1. The van der Waals surface area contributed by atoms with Crippen LogP contribution in [-0.4, -0.2) is 39.7 Å². The lowest BCUT2D eigenvalue weighted by molar-refractivity contribution is -0.121. The van der Waals surface area contributed by atoms with Crippen molar-refractivity contribution in [3.63, 3.8) is 0 Å². The summed E-state index contributed by atoms with van der Waals surface area (Å²) in [4.78, 5) is 43.8. The van der Waals surface area contributed by atoms with Crippen LogP contribution in [0.5, 0.6) is 0 Å². The molecule has 152 valence electrons. The number of amides is 1. The predicted molar refractivity (Wildman–Crippen MR) is 106 cm³/mol. The number of aromatic nitrogens is 3. The van der Waals surface area contributed by atoms with Crippen molar-refractivity contribution in [3.05, 3.63) is 52.2 Å². The third-order valence-electron chi connectivity index (χ3n) is 4.56. The first-order valence-corrected chi connectivity index (χ1v) is 9.30. The number of fused-ring (bicyclic) bond motifs is 1. The Morgan fingerprint density at radius 2 is 2.07 bits per heavy atom. The molecule has 9 heteroatoms. The molecule has 0 unspecified atom stereocenters. The smallest absolute Gasteiger partial charge is 0.361 e. The van der Waals surface area contributed by atoms with Crippen molar-refractivity contribution in [1.29, 1.82) is 0 Å². The SMILES string of the molecule is CCOC(=O)c1noc2ncn([C@@H](C)C(=O)N(CC)c3cccc(C)c3)c(=O)c12. The zero-order chi connectivity index (χ0) is 21.1. The molecule has 2 heterocycles. The Morgan fingerprint density at radius 1 is 1.31 bits per heavy atom. The Labute approximate surface area is 166 Å². The number of esters is 1. The zero-order valence-electron chi connectivity index (χ0n) is 16.7. The molecular weight excluding hydrogens is 376 g/mol. The van der Waals surface area contributed by atoms with Gasteiger partial charge in [-0.25, -0.2) is 9.78 Å². The minimum atomic E-state index is -0.857. The second-order valence-electron chi connectivity index (χ2n) is 6.49. The molecule has 0 saturated heterocycles. The Morgan fingerprint density at radius 3 is 2.72 bits per heavy atom. The minimum Gasteiger partial charge on any atom is -0.461 e. The number of rotatable bonds is 6. The van der Waals surface area contributed by atoms with E-state index in [1.807, 2.05) is 38.1 Å². The van der Waals surface area contributed by atoms with E-state index in [4.69, 9.17) is 9.26 Å². The molecule has 9 nitrogen and oxygen atoms in total. The van der Waals surface area contributed by atoms with Gasteiger partial charge >= 0.3 is 5.97 Å². The van der Waals surface area contributed by atoms with Crippen LogP contribution in [-0.2, 0) is 9.53 Å². The molecule has 1 aromatic carbocycles. The van der Waals surface area contributed by atoms with Crippen molar-refractivity contribution in [1.82, 2.24) is 14.7 Å². The Hall–Kier alpha value is -3.49. The topological polar surface area (TPSA) is 108 Å². The summed E-state index contributed by atoms with van der Waals surface area (Å²) in [6, 6.07) is 6.69. The van der Waals surface area contributed by atoms with E-state index in [-0.39, 0.29) is 29.3 Å². The van der Waals surface area contributed by atoms with Crippen LogP contribution < -0.4 is 10.5 Å². The van der Waals surface area contributed by atoms with Crippen molar-refractivity contribution in [2.75, 3.05) is 18.1 Å². The number of hydrogen-bond donors (Lipinski definition) is 0. The molecule has 0 bridgehead atoms. The van der Waals surface area contributed by atoms with Crippen molar-refractivity contribution < 1.29 is 18.8 Å². The summed E-state index contributed by atoms with van der Waals surface area (Å²) < 4.78 is 11.1. The van der Waals surface area contributed by atoms with E-state index >= 15 is 0 Å². The van der Waals surface area contributed by atoms with Gasteiger partial charge in [-0.05, 0) is 45.4 Å². The van der Waals surface area contributed by atoms with Crippen LogP contribution in [0.3, 0.4) is 0 Å². The maximum Gasteiger partial charge on any atom is 0.361 e. The van der Waals surface area contributed by atoms with E-state index < -0.39 is 17.6 Å². The molecule has 29 heavy (non-hydrogen) atoms. The number of ether oxygens (including phenoxy) is 1. The molecule has 0 aliphatic heterocycles. The van der Waals surface area contributed by atoms with Crippen molar-refractivity contribution >= 4 is 28.7 Å². The van der Waals surface area contributed by atoms with Gasteiger partial charge in [0.2, 0.25) is 11.6 Å². The van der Waals surface area contributed by atoms with E-state index in [0.29, 0.717) is 6.54 Å². The van der Waals surface area contributed by atoms with Gasteiger partial charge in [-0.1, -0.05) is 17.3 Å². The summed E-state index contributed by atoms with van der Waals surface area (Å²) in [5.41, 5.74) is 0.827. The first-order chi connectivity index (χ1) is 13.9. The Bertz CT molecular complexity index is 1120. The van der Waals surface area contributed by atoms with Gasteiger partial charge in [0.1, 0.15) is 17.8 Å². The van der Waals surface area contributed by atoms with Gasteiger partial charge in [-0.3, -0.25) is 14.2 Å². The van der Waals surface area contributed by atoms with Crippen molar-refractivity contribution in [2.45, 2.75) is 33.7 Å². The number of hydrogen-bond acceptors (Lipinski definition) is 7. The summed E-state index contributed by atoms with van der Waals surface area (Å²) in [6.07, 6.45) is 1.22. The van der Waals surface area contributed by atoms with E-state index in [1.54, 1.807) is 18.7 Å².